The topological polar surface area (TPSA) is 52.3 Å². The maximum absolute atomic E-state index is 13.3. The molecule has 0 aliphatic carbocycles. The molecule has 0 spiro atoms. The number of primary amides is 1. The normalized spacial score (nSPS) is 12.3. The SMILES string of the molecule is NC(=O)C(F)(F)c1ccccc1OCC(F)(F)F. The molecule has 0 aliphatic rings. The molecule has 0 unspecified atom stereocenters. The zero-order valence-electron chi connectivity index (χ0n) is 8.80. The minimum absolute atomic E-state index is 0.737. The van der Waals surface area contributed by atoms with Crippen molar-refractivity contribution in [1.82, 2.24) is 0 Å². The van der Waals surface area contributed by atoms with E-state index < -0.39 is 35.9 Å². The van der Waals surface area contributed by atoms with Crippen molar-refractivity contribution in [2.24, 2.45) is 5.73 Å². The Balaban J connectivity index is 3.04. The Kier molecular flexibility index (Phi) is 3.78. The number of carbonyl (C=O) groups is 1. The number of alkyl halides is 5. The number of nitrogens with two attached hydrogens (primary N) is 1. The first kappa shape index (κ1) is 14.2. The Morgan fingerprint density at radius 1 is 1.17 bits per heavy atom. The fourth-order valence-electron chi connectivity index (χ4n) is 1.14. The van der Waals surface area contributed by atoms with Crippen LogP contribution in [0.1, 0.15) is 5.56 Å². The van der Waals surface area contributed by atoms with Gasteiger partial charge < -0.3 is 10.5 Å². The molecule has 0 saturated carbocycles. The molecule has 1 rings (SSSR count). The van der Waals surface area contributed by atoms with Gasteiger partial charge in [-0.1, -0.05) is 12.1 Å². The van der Waals surface area contributed by atoms with Crippen molar-refractivity contribution in [2.75, 3.05) is 6.61 Å². The van der Waals surface area contributed by atoms with Gasteiger partial charge in [0.25, 0.3) is 5.91 Å². The highest BCUT2D eigenvalue weighted by Gasteiger charge is 2.42. The van der Waals surface area contributed by atoms with E-state index in [-0.39, 0.29) is 0 Å². The number of hydrogen-bond acceptors (Lipinski definition) is 2. The lowest BCUT2D eigenvalue weighted by Gasteiger charge is -2.17. The summed E-state index contributed by atoms with van der Waals surface area (Å²) in [6.45, 7) is -1.74. The van der Waals surface area contributed by atoms with E-state index in [9.17, 15) is 26.7 Å². The van der Waals surface area contributed by atoms with Crippen LogP contribution in [-0.2, 0) is 10.7 Å². The molecule has 2 N–H and O–H groups in total. The zero-order valence-corrected chi connectivity index (χ0v) is 8.80. The smallest absolute Gasteiger partial charge is 0.422 e. The maximum atomic E-state index is 13.3. The molecular weight excluding hydrogens is 261 g/mol. The van der Waals surface area contributed by atoms with Gasteiger partial charge in [0.2, 0.25) is 0 Å². The number of para-hydroxylation sites is 1. The van der Waals surface area contributed by atoms with Crippen LogP contribution in [0.2, 0.25) is 0 Å². The van der Waals surface area contributed by atoms with Crippen LogP contribution in [-0.4, -0.2) is 18.7 Å². The van der Waals surface area contributed by atoms with Crippen molar-refractivity contribution in [2.45, 2.75) is 12.1 Å². The summed E-state index contributed by atoms with van der Waals surface area (Å²) in [5, 5.41) is 0. The van der Waals surface area contributed by atoms with Gasteiger partial charge in [-0.3, -0.25) is 4.79 Å². The third-order valence-corrected chi connectivity index (χ3v) is 1.93. The quantitative estimate of drug-likeness (QED) is 0.852. The number of halogens is 5. The summed E-state index contributed by atoms with van der Waals surface area (Å²) >= 11 is 0. The van der Waals surface area contributed by atoms with Gasteiger partial charge in [0.1, 0.15) is 5.75 Å². The molecule has 18 heavy (non-hydrogen) atoms. The van der Waals surface area contributed by atoms with Crippen molar-refractivity contribution in [3.63, 3.8) is 0 Å². The molecule has 0 fully saturated rings. The lowest BCUT2D eigenvalue weighted by atomic mass is 10.1. The second-order valence-electron chi connectivity index (χ2n) is 3.34. The highest BCUT2D eigenvalue weighted by molar-refractivity contribution is 5.83. The van der Waals surface area contributed by atoms with E-state index in [2.05, 4.69) is 10.5 Å². The zero-order chi connectivity index (χ0) is 14.0. The minimum Gasteiger partial charge on any atom is -0.484 e. The average Bonchev–Trinajstić information content (AvgIpc) is 2.25. The second kappa shape index (κ2) is 4.79. The fourth-order valence-corrected chi connectivity index (χ4v) is 1.14. The van der Waals surface area contributed by atoms with Crippen molar-refractivity contribution in [3.05, 3.63) is 29.8 Å². The van der Waals surface area contributed by atoms with E-state index >= 15 is 0 Å². The summed E-state index contributed by atoms with van der Waals surface area (Å²) in [6.07, 6.45) is -4.67. The lowest BCUT2D eigenvalue weighted by molar-refractivity contribution is -0.154. The predicted octanol–water partition coefficient (Wildman–Crippen LogP) is 2.20. The Hall–Kier alpha value is -1.86. The maximum Gasteiger partial charge on any atom is 0.422 e. The van der Waals surface area contributed by atoms with Gasteiger partial charge in [0.15, 0.2) is 6.61 Å². The van der Waals surface area contributed by atoms with Crippen LogP contribution in [0.4, 0.5) is 22.0 Å². The van der Waals surface area contributed by atoms with Crippen molar-refractivity contribution in [1.29, 1.82) is 0 Å². The molecule has 0 saturated heterocycles. The third kappa shape index (κ3) is 3.31. The van der Waals surface area contributed by atoms with Crippen LogP contribution in [0.15, 0.2) is 24.3 Å². The molecule has 0 heterocycles. The number of ether oxygens (including phenoxy) is 1. The molecule has 0 bridgehead atoms. The molecule has 0 aliphatic heterocycles. The summed E-state index contributed by atoms with van der Waals surface area (Å²) in [5.74, 6) is -6.80. The Morgan fingerprint density at radius 2 is 1.72 bits per heavy atom. The van der Waals surface area contributed by atoms with Crippen molar-refractivity contribution in [3.8, 4) is 5.75 Å². The number of carbonyl (C=O) groups excluding carboxylic acids is 1. The lowest BCUT2D eigenvalue weighted by Crippen LogP contribution is -2.33. The molecule has 1 aromatic rings. The van der Waals surface area contributed by atoms with Crippen LogP contribution in [0, 0.1) is 0 Å². The molecule has 1 aromatic carbocycles. The van der Waals surface area contributed by atoms with Gasteiger partial charge in [-0.15, -0.1) is 0 Å². The third-order valence-electron chi connectivity index (χ3n) is 1.93. The second-order valence-corrected chi connectivity index (χ2v) is 3.34. The fraction of sp³-hybridized carbons (Fsp3) is 0.300. The van der Waals surface area contributed by atoms with Gasteiger partial charge in [-0.05, 0) is 12.1 Å². The summed E-state index contributed by atoms with van der Waals surface area (Å²) < 4.78 is 66.6. The van der Waals surface area contributed by atoms with E-state index in [1.807, 2.05) is 0 Å². The highest BCUT2D eigenvalue weighted by Crippen LogP contribution is 2.35. The van der Waals surface area contributed by atoms with Gasteiger partial charge >= 0.3 is 12.1 Å². The predicted molar refractivity (Wildman–Crippen MR) is 51.1 cm³/mol. The minimum atomic E-state index is -4.67. The first-order valence-corrected chi connectivity index (χ1v) is 4.61. The monoisotopic (exact) mass is 269 g/mol. The summed E-state index contributed by atoms with van der Waals surface area (Å²) in [7, 11) is 0. The van der Waals surface area contributed by atoms with Crippen LogP contribution >= 0.6 is 0 Å². The first-order valence-electron chi connectivity index (χ1n) is 4.61. The molecule has 3 nitrogen and oxygen atoms in total. The number of hydrogen-bond donors (Lipinski definition) is 1. The molecule has 1 amide bonds. The van der Waals surface area contributed by atoms with Crippen molar-refractivity contribution < 1.29 is 31.5 Å². The first-order chi connectivity index (χ1) is 8.14. The highest BCUT2D eigenvalue weighted by atomic mass is 19.4. The van der Waals surface area contributed by atoms with Crippen LogP contribution in [0.5, 0.6) is 5.75 Å². The van der Waals surface area contributed by atoms with E-state index in [0.29, 0.717) is 0 Å². The Morgan fingerprint density at radius 3 is 2.22 bits per heavy atom. The molecule has 0 radical (unpaired) electrons. The van der Waals surface area contributed by atoms with E-state index in [1.54, 1.807) is 0 Å². The Bertz CT molecular complexity index is 444. The number of benzene rings is 1. The molecule has 8 heteroatoms. The van der Waals surface area contributed by atoms with Gasteiger partial charge in [-0.2, -0.15) is 22.0 Å². The summed E-state index contributed by atoms with van der Waals surface area (Å²) in [6, 6.07) is 4.01. The molecule has 0 atom stereocenters. The van der Waals surface area contributed by atoms with E-state index in [1.165, 1.54) is 6.07 Å². The van der Waals surface area contributed by atoms with Gasteiger partial charge in [-0.25, -0.2) is 0 Å². The summed E-state index contributed by atoms with van der Waals surface area (Å²) in [4.78, 5) is 10.6. The number of amides is 1. The van der Waals surface area contributed by atoms with Crippen LogP contribution < -0.4 is 10.5 Å². The van der Waals surface area contributed by atoms with E-state index in [0.717, 1.165) is 18.2 Å². The standard InChI is InChI=1S/C10H8F5NO2/c11-9(12,13)5-18-7-4-2-1-3-6(7)10(14,15)8(16)17/h1-4H,5H2,(H2,16,17). The van der Waals surface area contributed by atoms with Crippen LogP contribution in [0.25, 0.3) is 0 Å². The van der Waals surface area contributed by atoms with Crippen LogP contribution in [0.3, 0.4) is 0 Å². The Labute approximate surface area is 98.3 Å². The molecule has 0 aromatic heterocycles. The largest absolute Gasteiger partial charge is 0.484 e. The van der Waals surface area contributed by atoms with Gasteiger partial charge in [0, 0.05) is 0 Å². The number of rotatable bonds is 4. The van der Waals surface area contributed by atoms with Crippen molar-refractivity contribution >= 4 is 5.91 Å². The summed E-state index contributed by atoms with van der Waals surface area (Å²) in [5.41, 5.74) is 3.49. The average molecular weight is 269 g/mol. The van der Waals surface area contributed by atoms with Gasteiger partial charge in [0.05, 0.1) is 5.56 Å². The molecule has 100 valence electrons. The molecular formula is C10H8F5NO2. The van der Waals surface area contributed by atoms with E-state index in [4.69, 9.17) is 0 Å².